The average Bonchev–Trinajstić information content (AvgIpc) is 3.22. The van der Waals surface area contributed by atoms with E-state index in [1.165, 1.54) is 18.4 Å². The van der Waals surface area contributed by atoms with Crippen molar-refractivity contribution < 1.29 is 9.32 Å². The van der Waals surface area contributed by atoms with Crippen LogP contribution in [0.2, 0.25) is 0 Å². The molecule has 0 aliphatic carbocycles. The molecule has 2 aromatic carbocycles. The van der Waals surface area contributed by atoms with Crippen molar-refractivity contribution in [2.75, 3.05) is 13.1 Å². The smallest absolute Gasteiger partial charge is 0.251 e. The van der Waals surface area contributed by atoms with E-state index in [9.17, 15) is 4.79 Å². The molecule has 1 atom stereocenters. The molecular weight excluding hydrogens is 376 g/mol. The van der Waals surface area contributed by atoms with E-state index in [2.05, 4.69) is 27.3 Å². The highest BCUT2D eigenvalue weighted by Crippen LogP contribution is 2.19. The summed E-state index contributed by atoms with van der Waals surface area (Å²) in [7, 11) is 0. The van der Waals surface area contributed by atoms with Gasteiger partial charge in [0, 0.05) is 24.2 Å². The molecule has 0 radical (unpaired) electrons. The molecule has 1 fully saturated rings. The first-order chi connectivity index (χ1) is 14.6. The van der Waals surface area contributed by atoms with Crippen molar-refractivity contribution >= 4 is 5.91 Å². The maximum Gasteiger partial charge on any atom is 0.251 e. The third-order valence-electron chi connectivity index (χ3n) is 5.51. The van der Waals surface area contributed by atoms with Gasteiger partial charge in [0.1, 0.15) is 0 Å². The van der Waals surface area contributed by atoms with Gasteiger partial charge in [-0.05, 0) is 56.0 Å². The lowest BCUT2D eigenvalue weighted by molar-refractivity contribution is 0.0946. The summed E-state index contributed by atoms with van der Waals surface area (Å²) in [6.07, 6.45) is 2.59. The van der Waals surface area contributed by atoms with Crippen molar-refractivity contribution in [1.29, 1.82) is 0 Å². The minimum atomic E-state index is -0.150. The summed E-state index contributed by atoms with van der Waals surface area (Å²) < 4.78 is 5.28. The summed E-state index contributed by atoms with van der Waals surface area (Å²) in [5, 5.41) is 6.86. The number of hydrogen-bond donors (Lipinski definition) is 1. The number of benzene rings is 2. The molecule has 1 saturated heterocycles. The Bertz CT molecular complexity index is 996. The zero-order chi connectivity index (χ0) is 20.9. The zero-order valence-electron chi connectivity index (χ0n) is 17.6. The van der Waals surface area contributed by atoms with Crippen LogP contribution in [-0.4, -0.2) is 34.0 Å². The van der Waals surface area contributed by atoms with Crippen LogP contribution in [0.15, 0.2) is 53.1 Å². The van der Waals surface area contributed by atoms with E-state index >= 15 is 0 Å². The minimum Gasteiger partial charge on any atom is -0.343 e. The van der Waals surface area contributed by atoms with Crippen molar-refractivity contribution in [3.63, 3.8) is 0 Å². The van der Waals surface area contributed by atoms with Crippen LogP contribution in [0, 0.1) is 12.8 Å². The lowest BCUT2D eigenvalue weighted by atomic mass is 9.99. The average molecular weight is 405 g/mol. The predicted octanol–water partition coefficient (Wildman–Crippen LogP) is 4.21. The van der Waals surface area contributed by atoms with Gasteiger partial charge in [-0.25, -0.2) is 0 Å². The Morgan fingerprint density at radius 3 is 2.83 bits per heavy atom. The Kier molecular flexibility index (Phi) is 6.23. The van der Waals surface area contributed by atoms with Crippen molar-refractivity contribution in [2.24, 2.45) is 5.92 Å². The van der Waals surface area contributed by atoms with Crippen LogP contribution in [0.25, 0.3) is 11.4 Å². The summed E-state index contributed by atoms with van der Waals surface area (Å²) in [6.45, 7) is 7.77. The van der Waals surface area contributed by atoms with Gasteiger partial charge in [-0.1, -0.05) is 48.0 Å². The largest absolute Gasteiger partial charge is 0.343 e. The fraction of sp³-hybridized carbons (Fsp3) is 0.375. The quantitative estimate of drug-likeness (QED) is 0.666. The molecule has 0 bridgehead atoms. The number of nitrogens with one attached hydrogen (secondary N) is 1. The monoisotopic (exact) mass is 404 g/mol. The number of carbonyl (C=O) groups excluding carboxylic acids is 1. The normalized spacial score (nSPS) is 17.1. The van der Waals surface area contributed by atoms with Crippen molar-refractivity contribution in [2.45, 2.75) is 39.8 Å². The van der Waals surface area contributed by atoms with Crippen LogP contribution in [0.1, 0.15) is 47.1 Å². The number of hydrogen-bond acceptors (Lipinski definition) is 5. The molecule has 3 aromatic rings. The fourth-order valence-corrected chi connectivity index (χ4v) is 3.94. The first-order valence-electron chi connectivity index (χ1n) is 10.6. The summed E-state index contributed by atoms with van der Waals surface area (Å²) in [4.78, 5) is 19.3. The first kappa shape index (κ1) is 20.3. The first-order valence-corrected chi connectivity index (χ1v) is 10.6. The van der Waals surface area contributed by atoms with E-state index in [1.54, 1.807) is 0 Å². The van der Waals surface area contributed by atoms with Crippen LogP contribution in [0.3, 0.4) is 0 Å². The van der Waals surface area contributed by atoms with Crippen LogP contribution >= 0.6 is 0 Å². The Morgan fingerprint density at radius 2 is 2.07 bits per heavy atom. The van der Waals surface area contributed by atoms with Crippen molar-refractivity contribution in [3.05, 3.63) is 71.1 Å². The van der Waals surface area contributed by atoms with Crippen molar-refractivity contribution in [1.82, 2.24) is 20.4 Å². The molecule has 0 spiro atoms. The van der Waals surface area contributed by atoms with Gasteiger partial charge in [-0.15, -0.1) is 0 Å². The molecule has 1 aromatic heterocycles. The maximum atomic E-state index is 12.5. The number of amides is 1. The second-order valence-corrected chi connectivity index (χ2v) is 8.24. The molecule has 1 aliphatic heterocycles. The molecule has 30 heavy (non-hydrogen) atoms. The molecule has 1 amide bonds. The van der Waals surface area contributed by atoms with Gasteiger partial charge < -0.3 is 9.84 Å². The predicted molar refractivity (Wildman–Crippen MR) is 116 cm³/mol. The Morgan fingerprint density at radius 1 is 1.23 bits per heavy atom. The summed E-state index contributed by atoms with van der Waals surface area (Å²) in [5.41, 5.74) is 3.89. The molecule has 4 rings (SSSR count). The third-order valence-corrected chi connectivity index (χ3v) is 5.51. The zero-order valence-corrected chi connectivity index (χ0v) is 17.6. The minimum absolute atomic E-state index is 0.150. The lowest BCUT2D eigenvalue weighted by Crippen LogP contribution is -2.33. The molecule has 6 nitrogen and oxygen atoms in total. The van der Waals surface area contributed by atoms with E-state index in [-0.39, 0.29) is 12.5 Å². The highest BCUT2D eigenvalue weighted by molar-refractivity contribution is 5.94. The second-order valence-electron chi connectivity index (χ2n) is 8.24. The van der Waals surface area contributed by atoms with Gasteiger partial charge in [-0.3, -0.25) is 9.69 Å². The molecule has 156 valence electrons. The Hall–Kier alpha value is -2.99. The summed E-state index contributed by atoms with van der Waals surface area (Å²) >= 11 is 0. The maximum absolute atomic E-state index is 12.5. The molecular formula is C24H28N4O2. The van der Waals surface area contributed by atoms with E-state index in [0.717, 1.165) is 36.7 Å². The molecule has 1 aliphatic rings. The number of likely N-dealkylation sites (tertiary alicyclic amines) is 1. The van der Waals surface area contributed by atoms with Gasteiger partial charge >= 0.3 is 0 Å². The lowest BCUT2D eigenvalue weighted by Gasteiger charge is -2.30. The van der Waals surface area contributed by atoms with Crippen LogP contribution in [0.4, 0.5) is 0 Å². The number of piperidine rings is 1. The molecule has 2 heterocycles. The van der Waals surface area contributed by atoms with Crippen LogP contribution in [-0.2, 0) is 13.1 Å². The van der Waals surface area contributed by atoms with Gasteiger partial charge in [0.05, 0.1) is 6.54 Å². The number of aryl methyl sites for hydroxylation is 1. The third kappa shape index (κ3) is 5.13. The van der Waals surface area contributed by atoms with Crippen LogP contribution in [0.5, 0.6) is 0 Å². The Labute approximate surface area is 177 Å². The van der Waals surface area contributed by atoms with E-state index in [1.807, 2.05) is 55.5 Å². The van der Waals surface area contributed by atoms with Gasteiger partial charge in [-0.2, -0.15) is 4.98 Å². The van der Waals surface area contributed by atoms with E-state index in [0.29, 0.717) is 17.3 Å². The molecule has 6 heteroatoms. The summed E-state index contributed by atoms with van der Waals surface area (Å²) in [5.74, 6) is 1.53. The number of rotatable bonds is 6. The van der Waals surface area contributed by atoms with Gasteiger partial charge in [0.2, 0.25) is 11.7 Å². The Balaban J connectivity index is 1.31. The standard InChI is InChI=1S/C24H28N4O2/c1-17-5-3-7-21(13-17)23-26-22(30-27-23)14-25-24(29)20-10-8-19(9-11-20)16-28-12-4-6-18(2)15-28/h3,5,7-11,13,18H,4,6,12,14-16H2,1-2H3,(H,25,29). The van der Waals surface area contributed by atoms with Gasteiger partial charge in [0.15, 0.2) is 0 Å². The number of carbonyl (C=O) groups is 1. The van der Waals surface area contributed by atoms with E-state index in [4.69, 9.17) is 4.52 Å². The highest BCUT2D eigenvalue weighted by Gasteiger charge is 2.16. The molecule has 0 saturated carbocycles. The van der Waals surface area contributed by atoms with E-state index < -0.39 is 0 Å². The highest BCUT2D eigenvalue weighted by atomic mass is 16.5. The molecule has 1 unspecified atom stereocenters. The van der Waals surface area contributed by atoms with Crippen LogP contribution < -0.4 is 5.32 Å². The topological polar surface area (TPSA) is 71.3 Å². The fourth-order valence-electron chi connectivity index (χ4n) is 3.94. The number of nitrogens with zero attached hydrogens (tertiary/aromatic N) is 3. The van der Waals surface area contributed by atoms with Crippen molar-refractivity contribution in [3.8, 4) is 11.4 Å². The number of aromatic nitrogens is 2. The second kappa shape index (κ2) is 9.22. The van der Waals surface area contributed by atoms with Gasteiger partial charge in [0.25, 0.3) is 5.91 Å². The SMILES string of the molecule is Cc1cccc(-c2noc(CNC(=O)c3ccc(CN4CCCC(C)C4)cc3)n2)c1. The summed E-state index contributed by atoms with van der Waals surface area (Å²) in [6, 6.07) is 15.7. The molecule has 1 N–H and O–H groups in total.